The third kappa shape index (κ3) is 4.45. The molecule has 128 valence electrons. The van der Waals surface area contributed by atoms with Crippen LogP contribution in [0.1, 0.15) is 63.0 Å². The Bertz CT molecular complexity index is 525. The zero-order valence-corrected chi connectivity index (χ0v) is 14.5. The van der Waals surface area contributed by atoms with Gasteiger partial charge in [0.1, 0.15) is 12.4 Å². The van der Waals surface area contributed by atoms with E-state index in [0.29, 0.717) is 12.6 Å². The molecule has 0 bridgehead atoms. The molecule has 0 radical (unpaired) electrons. The van der Waals surface area contributed by atoms with Crippen molar-refractivity contribution >= 4 is 5.96 Å². The van der Waals surface area contributed by atoms with Crippen molar-refractivity contribution in [2.45, 2.75) is 70.9 Å². The predicted octanol–water partition coefficient (Wildman–Crippen LogP) is 2.29. The van der Waals surface area contributed by atoms with E-state index in [9.17, 15) is 0 Å². The first-order chi connectivity index (χ1) is 11.2. The van der Waals surface area contributed by atoms with Gasteiger partial charge in [0.2, 0.25) is 0 Å². The van der Waals surface area contributed by atoms with Crippen LogP contribution in [0.5, 0.6) is 0 Å². The number of nitrogens with zero attached hydrogens (tertiary/aromatic N) is 4. The summed E-state index contributed by atoms with van der Waals surface area (Å²) in [5.41, 5.74) is 0. The standard InChI is InChI=1S/C17H30N6/c1-13-21-22-16(23(13)2)12-19-17(18-11-14-7-6-8-14)20-15-9-4-3-5-10-15/h14-15H,3-12H2,1-2H3,(H2,18,19,20). The predicted molar refractivity (Wildman–Crippen MR) is 92.2 cm³/mol. The molecule has 0 atom stereocenters. The molecule has 0 amide bonds. The lowest BCUT2D eigenvalue weighted by Gasteiger charge is -2.29. The highest BCUT2D eigenvalue weighted by atomic mass is 15.3. The highest BCUT2D eigenvalue weighted by molar-refractivity contribution is 5.80. The van der Waals surface area contributed by atoms with Gasteiger partial charge in [-0.25, -0.2) is 4.99 Å². The van der Waals surface area contributed by atoms with Gasteiger partial charge in [0.05, 0.1) is 0 Å². The van der Waals surface area contributed by atoms with Crippen molar-refractivity contribution in [1.82, 2.24) is 25.4 Å². The minimum absolute atomic E-state index is 0.567. The quantitative estimate of drug-likeness (QED) is 0.646. The average Bonchev–Trinajstić information content (AvgIpc) is 2.83. The molecule has 2 N–H and O–H groups in total. The van der Waals surface area contributed by atoms with Gasteiger partial charge in [0.25, 0.3) is 0 Å². The summed E-state index contributed by atoms with van der Waals surface area (Å²) < 4.78 is 2.01. The smallest absolute Gasteiger partial charge is 0.191 e. The Balaban J connectivity index is 1.59. The first kappa shape index (κ1) is 16.3. The Morgan fingerprint density at radius 2 is 1.91 bits per heavy atom. The summed E-state index contributed by atoms with van der Waals surface area (Å²) in [4.78, 5) is 4.76. The number of nitrogens with one attached hydrogen (secondary N) is 2. The fourth-order valence-corrected chi connectivity index (χ4v) is 3.27. The fourth-order valence-electron chi connectivity index (χ4n) is 3.27. The number of aliphatic imine (C=N–C) groups is 1. The molecule has 6 nitrogen and oxygen atoms in total. The summed E-state index contributed by atoms with van der Waals surface area (Å²) in [6, 6.07) is 0.567. The minimum Gasteiger partial charge on any atom is -0.356 e. The Morgan fingerprint density at radius 1 is 1.13 bits per heavy atom. The van der Waals surface area contributed by atoms with Gasteiger partial charge in [0, 0.05) is 19.6 Å². The summed E-state index contributed by atoms with van der Waals surface area (Å²) in [6.07, 6.45) is 10.6. The number of aromatic nitrogens is 3. The van der Waals surface area contributed by atoms with Gasteiger partial charge in [-0.15, -0.1) is 10.2 Å². The average molecular weight is 318 g/mol. The molecular weight excluding hydrogens is 288 g/mol. The van der Waals surface area contributed by atoms with Gasteiger partial charge in [-0.3, -0.25) is 0 Å². The van der Waals surface area contributed by atoms with Crippen molar-refractivity contribution < 1.29 is 0 Å². The van der Waals surface area contributed by atoms with E-state index in [1.54, 1.807) is 0 Å². The topological polar surface area (TPSA) is 67.1 Å². The molecule has 6 heteroatoms. The monoisotopic (exact) mass is 318 g/mol. The van der Waals surface area contributed by atoms with Crippen LogP contribution in [0, 0.1) is 12.8 Å². The van der Waals surface area contributed by atoms with Crippen molar-refractivity contribution in [3.63, 3.8) is 0 Å². The van der Waals surface area contributed by atoms with Gasteiger partial charge in [-0.05, 0) is 38.5 Å². The largest absolute Gasteiger partial charge is 0.356 e. The first-order valence-electron chi connectivity index (χ1n) is 9.12. The number of hydrogen-bond donors (Lipinski definition) is 2. The molecule has 0 unspecified atom stereocenters. The maximum atomic E-state index is 4.76. The second-order valence-electron chi connectivity index (χ2n) is 7.04. The zero-order chi connectivity index (χ0) is 16.1. The lowest BCUT2D eigenvalue weighted by atomic mass is 9.85. The third-order valence-corrected chi connectivity index (χ3v) is 5.29. The Kier molecular flexibility index (Phi) is 5.51. The van der Waals surface area contributed by atoms with Gasteiger partial charge < -0.3 is 15.2 Å². The lowest BCUT2D eigenvalue weighted by Crippen LogP contribution is -2.46. The molecule has 1 heterocycles. The normalized spacial score (nSPS) is 20.3. The van der Waals surface area contributed by atoms with Crippen LogP contribution >= 0.6 is 0 Å². The van der Waals surface area contributed by atoms with Crippen LogP contribution in [0.15, 0.2) is 4.99 Å². The Hall–Kier alpha value is -1.59. The number of rotatable bonds is 5. The fraction of sp³-hybridized carbons (Fsp3) is 0.824. The highest BCUT2D eigenvalue weighted by Crippen LogP contribution is 2.25. The van der Waals surface area contributed by atoms with Crippen LogP contribution in [-0.4, -0.2) is 33.3 Å². The van der Waals surface area contributed by atoms with Crippen LogP contribution in [0.3, 0.4) is 0 Å². The van der Waals surface area contributed by atoms with E-state index in [0.717, 1.165) is 30.1 Å². The van der Waals surface area contributed by atoms with Crippen molar-refractivity contribution in [2.24, 2.45) is 18.0 Å². The molecule has 2 fully saturated rings. The second-order valence-corrected chi connectivity index (χ2v) is 7.04. The molecule has 23 heavy (non-hydrogen) atoms. The lowest BCUT2D eigenvalue weighted by molar-refractivity contribution is 0.313. The molecule has 2 aliphatic rings. The number of guanidine groups is 1. The van der Waals surface area contributed by atoms with Crippen LogP contribution < -0.4 is 10.6 Å². The van der Waals surface area contributed by atoms with E-state index in [1.807, 2.05) is 18.5 Å². The maximum Gasteiger partial charge on any atom is 0.191 e. The minimum atomic E-state index is 0.567. The van der Waals surface area contributed by atoms with Crippen molar-refractivity contribution in [3.05, 3.63) is 11.6 Å². The molecule has 3 rings (SSSR count). The van der Waals surface area contributed by atoms with E-state index < -0.39 is 0 Å². The highest BCUT2D eigenvalue weighted by Gasteiger charge is 2.19. The summed E-state index contributed by atoms with van der Waals surface area (Å²) >= 11 is 0. The van der Waals surface area contributed by atoms with E-state index in [2.05, 4.69) is 20.8 Å². The molecule has 1 aromatic rings. The Labute approximate surface area is 139 Å². The summed E-state index contributed by atoms with van der Waals surface area (Å²) in [7, 11) is 2.00. The van der Waals surface area contributed by atoms with Crippen LogP contribution in [0.25, 0.3) is 0 Å². The molecule has 0 aromatic carbocycles. The van der Waals surface area contributed by atoms with Gasteiger partial charge >= 0.3 is 0 Å². The van der Waals surface area contributed by atoms with Crippen LogP contribution in [0.2, 0.25) is 0 Å². The van der Waals surface area contributed by atoms with E-state index in [1.165, 1.54) is 51.4 Å². The summed E-state index contributed by atoms with van der Waals surface area (Å²) in [5.74, 6) is 3.62. The summed E-state index contributed by atoms with van der Waals surface area (Å²) in [6.45, 7) is 3.58. The van der Waals surface area contributed by atoms with E-state index in [-0.39, 0.29) is 0 Å². The molecule has 1 aromatic heterocycles. The molecule has 0 aliphatic heterocycles. The van der Waals surface area contributed by atoms with Crippen LogP contribution in [0.4, 0.5) is 0 Å². The third-order valence-electron chi connectivity index (χ3n) is 5.29. The maximum absolute atomic E-state index is 4.76. The number of aryl methyl sites for hydroxylation is 1. The first-order valence-corrected chi connectivity index (χ1v) is 9.12. The van der Waals surface area contributed by atoms with Crippen LogP contribution in [-0.2, 0) is 13.6 Å². The molecule has 2 saturated carbocycles. The van der Waals surface area contributed by atoms with Crippen molar-refractivity contribution in [2.75, 3.05) is 6.54 Å². The molecular formula is C17H30N6. The van der Waals surface area contributed by atoms with E-state index in [4.69, 9.17) is 4.99 Å². The van der Waals surface area contributed by atoms with Crippen molar-refractivity contribution in [1.29, 1.82) is 0 Å². The molecule has 0 spiro atoms. The molecule has 2 aliphatic carbocycles. The second kappa shape index (κ2) is 7.79. The van der Waals surface area contributed by atoms with Crippen molar-refractivity contribution in [3.8, 4) is 0 Å². The Morgan fingerprint density at radius 3 is 2.52 bits per heavy atom. The molecule has 0 saturated heterocycles. The number of hydrogen-bond acceptors (Lipinski definition) is 3. The van der Waals surface area contributed by atoms with Gasteiger partial charge in [-0.1, -0.05) is 25.7 Å². The summed E-state index contributed by atoms with van der Waals surface area (Å²) in [5, 5.41) is 15.5. The van der Waals surface area contributed by atoms with Gasteiger partial charge in [-0.2, -0.15) is 0 Å². The zero-order valence-electron chi connectivity index (χ0n) is 14.5. The van der Waals surface area contributed by atoms with E-state index >= 15 is 0 Å². The SMILES string of the molecule is Cc1nnc(CN=C(NCC2CCC2)NC2CCCCC2)n1C. The van der Waals surface area contributed by atoms with Gasteiger partial charge in [0.15, 0.2) is 11.8 Å².